The van der Waals surface area contributed by atoms with Crippen molar-refractivity contribution in [3.63, 3.8) is 0 Å². The maximum Gasteiger partial charge on any atom is 0.345 e. The number of ether oxygens (including phenoxy) is 3. The molecule has 27 heavy (non-hydrogen) atoms. The van der Waals surface area contributed by atoms with E-state index in [0.29, 0.717) is 10.7 Å². The van der Waals surface area contributed by atoms with Crippen LogP contribution in [0.15, 0.2) is 36.4 Å². The standard InChI is InChI=1S/C17H13ClN2O7/c18-10-2-1-3-11(6-10)19-16(21)9-27-17(22)12-7-14-15(26-5-4-25-14)8-13(12)20(23)24/h1-3,6-8H,4-5,9H2,(H,19,21). The second-order valence-electron chi connectivity index (χ2n) is 5.40. The number of amides is 1. The van der Waals surface area contributed by atoms with Crippen molar-refractivity contribution >= 4 is 34.9 Å². The van der Waals surface area contributed by atoms with Crippen molar-refractivity contribution in [3.8, 4) is 11.5 Å². The van der Waals surface area contributed by atoms with E-state index < -0.39 is 29.1 Å². The molecular weight excluding hydrogens is 380 g/mol. The molecular formula is C17H13ClN2O7. The van der Waals surface area contributed by atoms with Gasteiger partial charge in [-0.15, -0.1) is 0 Å². The van der Waals surface area contributed by atoms with Crippen molar-refractivity contribution < 1.29 is 28.7 Å². The molecule has 1 amide bonds. The highest BCUT2D eigenvalue weighted by molar-refractivity contribution is 6.30. The Kier molecular flexibility index (Phi) is 5.41. The summed E-state index contributed by atoms with van der Waals surface area (Å²) in [5.41, 5.74) is -0.409. The number of halogens is 1. The van der Waals surface area contributed by atoms with Crippen LogP contribution in [-0.2, 0) is 9.53 Å². The third-order valence-corrected chi connectivity index (χ3v) is 3.75. The van der Waals surface area contributed by atoms with Crippen LogP contribution in [0, 0.1) is 10.1 Å². The van der Waals surface area contributed by atoms with E-state index >= 15 is 0 Å². The molecule has 0 fully saturated rings. The zero-order valence-electron chi connectivity index (χ0n) is 13.8. The highest BCUT2D eigenvalue weighted by Crippen LogP contribution is 2.36. The molecule has 3 rings (SSSR count). The number of nitro groups is 1. The lowest BCUT2D eigenvalue weighted by atomic mass is 10.1. The molecule has 0 aliphatic carbocycles. The van der Waals surface area contributed by atoms with Gasteiger partial charge in [0.15, 0.2) is 18.1 Å². The van der Waals surface area contributed by atoms with E-state index in [1.54, 1.807) is 18.2 Å². The molecule has 1 aliphatic rings. The molecule has 10 heteroatoms. The van der Waals surface area contributed by atoms with E-state index in [0.717, 1.165) is 6.07 Å². The summed E-state index contributed by atoms with van der Waals surface area (Å²) in [7, 11) is 0. The molecule has 0 saturated heterocycles. The number of carbonyl (C=O) groups excluding carboxylic acids is 2. The lowest BCUT2D eigenvalue weighted by Crippen LogP contribution is -2.22. The molecule has 0 radical (unpaired) electrons. The summed E-state index contributed by atoms with van der Waals surface area (Å²) >= 11 is 5.82. The molecule has 1 N–H and O–H groups in total. The van der Waals surface area contributed by atoms with Crippen molar-refractivity contribution in [3.05, 3.63) is 57.1 Å². The Labute approximate surface area is 157 Å². The lowest BCUT2D eigenvalue weighted by Gasteiger charge is -2.18. The smallest absolute Gasteiger partial charge is 0.345 e. The minimum atomic E-state index is -1.03. The monoisotopic (exact) mass is 392 g/mol. The summed E-state index contributed by atoms with van der Waals surface area (Å²) in [6.07, 6.45) is 0. The first-order chi connectivity index (χ1) is 12.9. The molecule has 0 bridgehead atoms. The first-order valence-corrected chi connectivity index (χ1v) is 8.12. The van der Waals surface area contributed by atoms with Crippen LogP contribution in [0.4, 0.5) is 11.4 Å². The van der Waals surface area contributed by atoms with Crippen LogP contribution in [-0.4, -0.2) is 36.6 Å². The van der Waals surface area contributed by atoms with Gasteiger partial charge in [-0.1, -0.05) is 17.7 Å². The van der Waals surface area contributed by atoms with Crippen LogP contribution >= 0.6 is 11.6 Å². The third-order valence-electron chi connectivity index (χ3n) is 3.52. The summed E-state index contributed by atoms with van der Waals surface area (Å²) in [6.45, 7) is -0.129. The fourth-order valence-electron chi connectivity index (χ4n) is 2.36. The quantitative estimate of drug-likeness (QED) is 0.472. The Hall–Kier alpha value is -3.33. The van der Waals surface area contributed by atoms with Crippen molar-refractivity contribution in [2.75, 3.05) is 25.1 Å². The number of nitrogens with zero attached hydrogens (tertiary/aromatic N) is 1. The SMILES string of the molecule is O=C(COC(=O)c1cc2c(cc1[N+](=O)[O-])OCCO2)Nc1cccc(Cl)c1. The van der Waals surface area contributed by atoms with Crippen molar-refractivity contribution in [1.29, 1.82) is 0 Å². The van der Waals surface area contributed by atoms with Gasteiger partial charge in [0.05, 0.1) is 11.0 Å². The zero-order chi connectivity index (χ0) is 19.4. The summed E-state index contributed by atoms with van der Waals surface area (Å²) in [6, 6.07) is 8.67. The largest absolute Gasteiger partial charge is 0.486 e. The number of nitro benzene ring substituents is 1. The summed E-state index contributed by atoms with van der Waals surface area (Å²) in [4.78, 5) is 34.6. The molecule has 0 spiro atoms. The Bertz CT molecular complexity index is 916. The molecule has 2 aromatic carbocycles. The van der Waals surface area contributed by atoms with Crippen LogP contribution in [0.25, 0.3) is 0 Å². The van der Waals surface area contributed by atoms with Crippen LogP contribution < -0.4 is 14.8 Å². The molecule has 1 heterocycles. The van der Waals surface area contributed by atoms with Gasteiger partial charge in [0.1, 0.15) is 18.8 Å². The zero-order valence-corrected chi connectivity index (χ0v) is 14.5. The minimum Gasteiger partial charge on any atom is -0.486 e. The predicted octanol–water partition coefficient (Wildman–Crippen LogP) is 2.81. The number of hydrogen-bond acceptors (Lipinski definition) is 7. The van der Waals surface area contributed by atoms with Crippen LogP contribution in [0.5, 0.6) is 11.5 Å². The molecule has 0 atom stereocenters. The molecule has 9 nitrogen and oxygen atoms in total. The van der Waals surface area contributed by atoms with Gasteiger partial charge in [0.25, 0.3) is 11.6 Å². The third kappa shape index (κ3) is 4.45. The lowest BCUT2D eigenvalue weighted by molar-refractivity contribution is -0.385. The molecule has 0 saturated carbocycles. The molecule has 1 aliphatic heterocycles. The average Bonchev–Trinajstić information content (AvgIpc) is 2.65. The molecule has 0 aromatic heterocycles. The van der Waals surface area contributed by atoms with Gasteiger partial charge in [-0.05, 0) is 18.2 Å². The Morgan fingerprint density at radius 2 is 1.89 bits per heavy atom. The van der Waals surface area contributed by atoms with Gasteiger partial charge < -0.3 is 19.5 Å². The van der Waals surface area contributed by atoms with Crippen molar-refractivity contribution in [1.82, 2.24) is 0 Å². The summed E-state index contributed by atoms with van der Waals surface area (Å²) in [5.74, 6) is -1.28. The summed E-state index contributed by atoms with van der Waals surface area (Å²) < 4.78 is 15.5. The maximum absolute atomic E-state index is 12.2. The number of esters is 1. The van der Waals surface area contributed by atoms with Gasteiger partial charge in [-0.25, -0.2) is 4.79 Å². The minimum absolute atomic E-state index is 0.170. The van der Waals surface area contributed by atoms with Crippen LogP contribution in [0.2, 0.25) is 5.02 Å². The second-order valence-corrected chi connectivity index (χ2v) is 5.84. The summed E-state index contributed by atoms with van der Waals surface area (Å²) in [5, 5.41) is 14.2. The van der Waals surface area contributed by atoms with Gasteiger partial charge in [-0.3, -0.25) is 14.9 Å². The van der Waals surface area contributed by atoms with E-state index in [1.807, 2.05) is 0 Å². The number of carbonyl (C=O) groups is 2. The Morgan fingerprint density at radius 3 is 2.56 bits per heavy atom. The number of nitrogens with one attached hydrogen (secondary N) is 1. The number of rotatable bonds is 5. The van der Waals surface area contributed by atoms with Crippen molar-refractivity contribution in [2.24, 2.45) is 0 Å². The fourth-order valence-corrected chi connectivity index (χ4v) is 2.56. The average molecular weight is 393 g/mol. The number of benzene rings is 2. The molecule has 0 unspecified atom stereocenters. The first-order valence-electron chi connectivity index (χ1n) is 7.74. The van der Waals surface area contributed by atoms with Crippen LogP contribution in [0.1, 0.15) is 10.4 Å². The Balaban J connectivity index is 1.70. The molecule has 2 aromatic rings. The highest BCUT2D eigenvalue weighted by Gasteiger charge is 2.27. The van der Waals surface area contributed by atoms with Gasteiger partial charge >= 0.3 is 5.97 Å². The Morgan fingerprint density at radius 1 is 1.19 bits per heavy atom. The van der Waals surface area contributed by atoms with Gasteiger partial charge in [0, 0.05) is 16.8 Å². The van der Waals surface area contributed by atoms with Gasteiger partial charge in [-0.2, -0.15) is 0 Å². The molecule has 140 valence electrons. The normalized spacial score (nSPS) is 12.2. The van der Waals surface area contributed by atoms with E-state index in [-0.39, 0.29) is 30.3 Å². The van der Waals surface area contributed by atoms with E-state index in [9.17, 15) is 19.7 Å². The first kappa shape index (κ1) is 18.5. The predicted molar refractivity (Wildman–Crippen MR) is 94.5 cm³/mol. The number of anilines is 1. The number of hydrogen-bond donors (Lipinski definition) is 1. The highest BCUT2D eigenvalue weighted by atomic mass is 35.5. The van der Waals surface area contributed by atoms with E-state index in [4.69, 9.17) is 25.8 Å². The fraction of sp³-hybridized carbons (Fsp3) is 0.176. The van der Waals surface area contributed by atoms with E-state index in [2.05, 4.69) is 5.32 Å². The van der Waals surface area contributed by atoms with Crippen LogP contribution in [0.3, 0.4) is 0 Å². The van der Waals surface area contributed by atoms with Gasteiger partial charge in [0.2, 0.25) is 0 Å². The maximum atomic E-state index is 12.2. The van der Waals surface area contributed by atoms with Crippen molar-refractivity contribution in [2.45, 2.75) is 0 Å². The second kappa shape index (κ2) is 7.92. The number of fused-ring (bicyclic) bond motifs is 1. The topological polar surface area (TPSA) is 117 Å². The van der Waals surface area contributed by atoms with E-state index in [1.165, 1.54) is 12.1 Å².